The molecule has 1 fully saturated rings. The van der Waals surface area contributed by atoms with E-state index in [0.29, 0.717) is 24.7 Å². The number of rotatable bonds is 6. The zero-order valence-corrected chi connectivity index (χ0v) is 11.5. The molecule has 0 aromatic carbocycles. The van der Waals surface area contributed by atoms with Crippen LogP contribution in [0.15, 0.2) is 27.5 Å². The maximum absolute atomic E-state index is 11.7. The average molecular weight is 291 g/mol. The topological polar surface area (TPSA) is 101 Å². The lowest BCUT2D eigenvalue weighted by atomic mass is 9.80. The third-order valence-corrected chi connectivity index (χ3v) is 3.71. The molecule has 112 valence electrons. The fourth-order valence-electron chi connectivity index (χ4n) is 2.20. The smallest absolute Gasteiger partial charge is 0.227 e. The second kappa shape index (κ2) is 5.69. The molecule has 21 heavy (non-hydrogen) atoms. The Labute approximate surface area is 121 Å². The van der Waals surface area contributed by atoms with Gasteiger partial charge in [-0.1, -0.05) is 5.16 Å². The van der Waals surface area contributed by atoms with Gasteiger partial charge in [0.2, 0.25) is 17.6 Å². The zero-order chi connectivity index (χ0) is 14.7. The summed E-state index contributed by atoms with van der Waals surface area (Å²) in [5.41, 5.74) is 0.0378. The van der Waals surface area contributed by atoms with Gasteiger partial charge in [0.1, 0.15) is 6.26 Å². The largest absolute Gasteiger partial charge is 0.472 e. The number of hydrogen-bond acceptors (Lipinski definition) is 6. The molecule has 3 rings (SSSR count). The second-order valence-corrected chi connectivity index (χ2v) is 5.38. The molecule has 1 saturated carbocycles. The van der Waals surface area contributed by atoms with E-state index in [4.69, 9.17) is 8.94 Å². The normalized spacial score (nSPS) is 16.4. The van der Waals surface area contributed by atoms with Crippen LogP contribution < -0.4 is 5.32 Å². The summed E-state index contributed by atoms with van der Waals surface area (Å²) in [5, 5.41) is 16.5. The SMILES string of the molecule is O=C(CCc1nc(-c2ccoc2)no1)NCC1(O)CCC1. The van der Waals surface area contributed by atoms with Crippen LogP contribution in [0.25, 0.3) is 11.4 Å². The zero-order valence-electron chi connectivity index (χ0n) is 11.5. The molecule has 0 bridgehead atoms. The lowest BCUT2D eigenvalue weighted by molar-refractivity contribution is -0.123. The number of hydrogen-bond donors (Lipinski definition) is 2. The van der Waals surface area contributed by atoms with Gasteiger partial charge in [-0.3, -0.25) is 4.79 Å². The molecule has 1 amide bonds. The molecule has 0 unspecified atom stereocenters. The van der Waals surface area contributed by atoms with Crippen molar-refractivity contribution in [3.8, 4) is 11.4 Å². The van der Waals surface area contributed by atoms with Gasteiger partial charge in [-0.05, 0) is 25.3 Å². The van der Waals surface area contributed by atoms with Crippen molar-refractivity contribution in [2.24, 2.45) is 0 Å². The summed E-state index contributed by atoms with van der Waals surface area (Å²) in [6.45, 7) is 0.315. The molecular formula is C14H17N3O4. The van der Waals surface area contributed by atoms with Gasteiger partial charge in [0, 0.05) is 19.4 Å². The van der Waals surface area contributed by atoms with Crippen LogP contribution in [0, 0.1) is 0 Å². The number of aryl methyl sites for hydroxylation is 1. The summed E-state index contributed by atoms with van der Waals surface area (Å²) < 4.78 is 10.0. The minimum Gasteiger partial charge on any atom is -0.472 e. The number of amides is 1. The first-order valence-corrected chi connectivity index (χ1v) is 6.99. The van der Waals surface area contributed by atoms with E-state index in [0.717, 1.165) is 24.8 Å². The monoisotopic (exact) mass is 291 g/mol. The van der Waals surface area contributed by atoms with Crippen LogP contribution in [0.4, 0.5) is 0 Å². The number of aliphatic hydroxyl groups is 1. The van der Waals surface area contributed by atoms with Crippen molar-refractivity contribution in [2.75, 3.05) is 6.54 Å². The summed E-state index contributed by atoms with van der Waals surface area (Å²) in [4.78, 5) is 15.9. The molecule has 7 heteroatoms. The van der Waals surface area contributed by atoms with Crippen molar-refractivity contribution in [2.45, 2.75) is 37.7 Å². The maximum atomic E-state index is 11.7. The Morgan fingerprint density at radius 1 is 1.48 bits per heavy atom. The number of nitrogens with one attached hydrogen (secondary N) is 1. The van der Waals surface area contributed by atoms with E-state index in [9.17, 15) is 9.90 Å². The Morgan fingerprint density at radius 3 is 3.00 bits per heavy atom. The van der Waals surface area contributed by atoms with Crippen molar-refractivity contribution >= 4 is 5.91 Å². The molecule has 0 saturated heterocycles. The molecule has 1 aliphatic carbocycles. The van der Waals surface area contributed by atoms with Crippen LogP contribution in [0.1, 0.15) is 31.6 Å². The summed E-state index contributed by atoms with van der Waals surface area (Å²) >= 11 is 0. The lowest BCUT2D eigenvalue weighted by Crippen LogP contribution is -2.47. The van der Waals surface area contributed by atoms with E-state index in [-0.39, 0.29) is 12.3 Å². The van der Waals surface area contributed by atoms with Gasteiger partial charge < -0.3 is 19.4 Å². The fourth-order valence-corrected chi connectivity index (χ4v) is 2.20. The van der Waals surface area contributed by atoms with Crippen LogP contribution in [0.5, 0.6) is 0 Å². The van der Waals surface area contributed by atoms with Crippen LogP contribution >= 0.6 is 0 Å². The predicted octanol–water partition coefficient (Wildman–Crippen LogP) is 1.29. The first kappa shape index (κ1) is 13.8. The van der Waals surface area contributed by atoms with Crippen molar-refractivity contribution in [1.82, 2.24) is 15.5 Å². The van der Waals surface area contributed by atoms with Crippen LogP contribution in [0.2, 0.25) is 0 Å². The maximum Gasteiger partial charge on any atom is 0.227 e. The van der Waals surface area contributed by atoms with Crippen LogP contribution in [-0.4, -0.2) is 33.3 Å². The van der Waals surface area contributed by atoms with E-state index < -0.39 is 5.60 Å². The second-order valence-electron chi connectivity index (χ2n) is 5.38. The summed E-state index contributed by atoms with van der Waals surface area (Å²) in [6, 6.07) is 1.74. The van der Waals surface area contributed by atoms with Crippen LogP contribution in [-0.2, 0) is 11.2 Å². The van der Waals surface area contributed by atoms with Crippen molar-refractivity contribution in [3.05, 3.63) is 24.5 Å². The number of nitrogens with zero attached hydrogens (tertiary/aromatic N) is 2. The summed E-state index contributed by atoms with van der Waals surface area (Å²) in [7, 11) is 0. The minimum atomic E-state index is -0.700. The number of aromatic nitrogens is 2. The molecule has 2 N–H and O–H groups in total. The molecule has 0 aliphatic heterocycles. The number of furan rings is 1. The average Bonchev–Trinajstić information content (AvgIpc) is 3.10. The first-order valence-electron chi connectivity index (χ1n) is 6.99. The molecule has 2 heterocycles. The molecule has 0 radical (unpaired) electrons. The highest BCUT2D eigenvalue weighted by Crippen LogP contribution is 2.30. The fraction of sp³-hybridized carbons (Fsp3) is 0.500. The van der Waals surface area contributed by atoms with E-state index in [2.05, 4.69) is 15.5 Å². The Hall–Kier alpha value is -2.15. The van der Waals surface area contributed by atoms with Crippen molar-refractivity contribution < 1.29 is 18.8 Å². The lowest BCUT2D eigenvalue weighted by Gasteiger charge is -2.36. The molecule has 0 atom stereocenters. The minimum absolute atomic E-state index is 0.126. The highest BCUT2D eigenvalue weighted by atomic mass is 16.5. The molecule has 0 spiro atoms. The third-order valence-electron chi connectivity index (χ3n) is 3.71. The Bertz CT molecular complexity index is 602. The van der Waals surface area contributed by atoms with Crippen LogP contribution in [0.3, 0.4) is 0 Å². The number of carbonyl (C=O) groups is 1. The van der Waals surface area contributed by atoms with E-state index in [1.54, 1.807) is 6.07 Å². The van der Waals surface area contributed by atoms with E-state index in [1.807, 2.05) is 0 Å². The molecule has 7 nitrogen and oxygen atoms in total. The molecular weight excluding hydrogens is 274 g/mol. The van der Waals surface area contributed by atoms with Gasteiger partial charge in [0.25, 0.3) is 0 Å². The van der Waals surface area contributed by atoms with Crippen molar-refractivity contribution in [1.29, 1.82) is 0 Å². The van der Waals surface area contributed by atoms with Gasteiger partial charge in [0.05, 0.1) is 17.4 Å². The standard InChI is InChI=1S/C14H17N3O4/c18-11(15-9-14(19)5-1-6-14)2-3-12-16-13(17-21-12)10-4-7-20-8-10/h4,7-8,19H,1-3,5-6,9H2,(H,15,18). The summed E-state index contributed by atoms with van der Waals surface area (Å²) in [6.07, 6.45) is 6.21. The first-order chi connectivity index (χ1) is 10.1. The van der Waals surface area contributed by atoms with Gasteiger partial charge >= 0.3 is 0 Å². The van der Waals surface area contributed by atoms with Gasteiger partial charge in [-0.25, -0.2) is 0 Å². The van der Waals surface area contributed by atoms with E-state index in [1.165, 1.54) is 12.5 Å². The van der Waals surface area contributed by atoms with Crippen molar-refractivity contribution in [3.63, 3.8) is 0 Å². The molecule has 2 aromatic heterocycles. The molecule has 2 aromatic rings. The van der Waals surface area contributed by atoms with Gasteiger partial charge in [0.15, 0.2) is 0 Å². The number of carbonyl (C=O) groups excluding carboxylic acids is 1. The predicted molar refractivity (Wildman–Crippen MR) is 72.1 cm³/mol. The van der Waals surface area contributed by atoms with E-state index >= 15 is 0 Å². The highest BCUT2D eigenvalue weighted by molar-refractivity contribution is 5.76. The Balaban J connectivity index is 1.45. The van der Waals surface area contributed by atoms with Gasteiger partial charge in [-0.15, -0.1) is 0 Å². The third kappa shape index (κ3) is 3.30. The highest BCUT2D eigenvalue weighted by Gasteiger charge is 2.34. The molecule has 1 aliphatic rings. The Kier molecular flexibility index (Phi) is 3.74. The Morgan fingerprint density at radius 2 is 2.33 bits per heavy atom. The van der Waals surface area contributed by atoms with Gasteiger partial charge in [-0.2, -0.15) is 4.98 Å². The quantitative estimate of drug-likeness (QED) is 0.831. The summed E-state index contributed by atoms with van der Waals surface area (Å²) in [5.74, 6) is 0.727.